The Bertz CT molecular complexity index is 716. The number of carbonyl (C=O) groups excluding carboxylic acids is 2. The lowest BCUT2D eigenvalue weighted by Gasteiger charge is -2.09. The Morgan fingerprint density at radius 1 is 1.23 bits per heavy atom. The lowest BCUT2D eigenvalue weighted by molar-refractivity contribution is -0.119. The number of nitrogen functional groups attached to an aromatic ring is 1. The molecule has 0 radical (unpaired) electrons. The fourth-order valence-corrected chi connectivity index (χ4v) is 2.23. The van der Waals surface area contributed by atoms with Crippen LogP contribution in [0, 0.1) is 6.92 Å². The Labute approximate surface area is 136 Å². The molecule has 5 nitrogen and oxygen atoms in total. The molecule has 0 aliphatic heterocycles. The van der Waals surface area contributed by atoms with Gasteiger partial charge in [0.1, 0.15) is 0 Å². The standard InChI is InChI=1S/C16H15BrN2O3/c1-10-4-2-7-13(15(10)18)16(21)22-9-14(20)19-12-6-3-5-11(17)8-12/h2-8H,9,18H2,1H3,(H,19,20). The molecule has 0 fully saturated rings. The van der Waals surface area contributed by atoms with E-state index in [4.69, 9.17) is 10.5 Å². The number of nitrogens with one attached hydrogen (secondary N) is 1. The first-order chi connectivity index (χ1) is 10.5. The van der Waals surface area contributed by atoms with Gasteiger partial charge in [0.25, 0.3) is 5.91 Å². The number of halogens is 1. The van der Waals surface area contributed by atoms with Crippen molar-refractivity contribution >= 4 is 39.2 Å². The van der Waals surface area contributed by atoms with Crippen LogP contribution < -0.4 is 11.1 Å². The smallest absolute Gasteiger partial charge is 0.340 e. The van der Waals surface area contributed by atoms with E-state index in [9.17, 15) is 9.59 Å². The summed E-state index contributed by atoms with van der Waals surface area (Å²) in [6.45, 7) is 1.42. The monoisotopic (exact) mass is 362 g/mol. The highest BCUT2D eigenvalue weighted by Gasteiger charge is 2.14. The number of nitrogens with two attached hydrogens (primary N) is 1. The average molecular weight is 363 g/mol. The molecule has 0 unspecified atom stereocenters. The number of amides is 1. The van der Waals surface area contributed by atoms with Crippen molar-refractivity contribution in [3.05, 3.63) is 58.1 Å². The topological polar surface area (TPSA) is 81.4 Å². The van der Waals surface area contributed by atoms with Gasteiger partial charge < -0.3 is 15.8 Å². The van der Waals surface area contributed by atoms with Crippen LogP contribution in [0.1, 0.15) is 15.9 Å². The molecule has 0 aliphatic rings. The third kappa shape index (κ3) is 4.08. The minimum Gasteiger partial charge on any atom is -0.452 e. The van der Waals surface area contributed by atoms with Gasteiger partial charge in [-0.2, -0.15) is 0 Å². The van der Waals surface area contributed by atoms with Crippen molar-refractivity contribution in [2.75, 3.05) is 17.7 Å². The van der Waals surface area contributed by atoms with Crippen LogP contribution in [-0.4, -0.2) is 18.5 Å². The lowest BCUT2D eigenvalue weighted by Crippen LogP contribution is -2.21. The zero-order valence-electron chi connectivity index (χ0n) is 11.9. The Hall–Kier alpha value is -2.34. The summed E-state index contributed by atoms with van der Waals surface area (Å²) in [6, 6.07) is 12.2. The van der Waals surface area contributed by atoms with E-state index >= 15 is 0 Å². The Kier molecular flexibility index (Phi) is 5.16. The number of ether oxygens (including phenoxy) is 1. The van der Waals surface area contributed by atoms with Crippen molar-refractivity contribution in [2.24, 2.45) is 0 Å². The third-order valence-corrected chi connectivity index (χ3v) is 3.48. The number of rotatable bonds is 4. The van der Waals surface area contributed by atoms with E-state index in [0.29, 0.717) is 11.4 Å². The van der Waals surface area contributed by atoms with Crippen LogP contribution >= 0.6 is 15.9 Å². The first-order valence-corrected chi connectivity index (χ1v) is 7.34. The van der Waals surface area contributed by atoms with Crippen molar-refractivity contribution in [1.82, 2.24) is 0 Å². The molecule has 2 rings (SSSR count). The van der Waals surface area contributed by atoms with Crippen molar-refractivity contribution in [2.45, 2.75) is 6.92 Å². The summed E-state index contributed by atoms with van der Waals surface area (Å²) < 4.78 is 5.83. The second kappa shape index (κ2) is 7.09. The highest BCUT2D eigenvalue weighted by atomic mass is 79.9. The normalized spacial score (nSPS) is 10.1. The maximum absolute atomic E-state index is 11.9. The van der Waals surface area contributed by atoms with Gasteiger partial charge in [-0.05, 0) is 36.8 Å². The van der Waals surface area contributed by atoms with Gasteiger partial charge in [0.15, 0.2) is 6.61 Å². The summed E-state index contributed by atoms with van der Waals surface area (Å²) in [5.41, 5.74) is 7.85. The highest BCUT2D eigenvalue weighted by molar-refractivity contribution is 9.10. The summed E-state index contributed by atoms with van der Waals surface area (Å²) >= 11 is 3.31. The summed E-state index contributed by atoms with van der Waals surface area (Å²) in [4.78, 5) is 23.7. The molecular weight excluding hydrogens is 348 g/mol. The number of hydrogen-bond acceptors (Lipinski definition) is 4. The molecule has 1 amide bonds. The summed E-state index contributed by atoms with van der Waals surface area (Å²) in [6.07, 6.45) is 0. The molecule has 6 heteroatoms. The van der Waals surface area contributed by atoms with Crippen LogP contribution in [-0.2, 0) is 9.53 Å². The van der Waals surface area contributed by atoms with E-state index in [2.05, 4.69) is 21.2 Å². The highest BCUT2D eigenvalue weighted by Crippen LogP contribution is 2.18. The van der Waals surface area contributed by atoms with Crippen LogP contribution in [0.2, 0.25) is 0 Å². The zero-order chi connectivity index (χ0) is 16.1. The van der Waals surface area contributed by atoms with Crippen LogP contribution in [0.3, 0.4) is 0 Å². The van der Waals surface area contributed by atoms with Gasteiger partial charge in [0.2, 0.25) is 0 Å². The number of aryl methyl sites for hydroxylation is 1. The van der Waals surface area contributed by atoms with Gasteiger partial charge in [-0.25, -0.2) is 4.79 Å². The molecule has 3 N–H and O–H groups in total. The molecule has 0 heterocycles. The molecule has 0 saturated heterocycles. The lowest BCUT2D eigenvalue weighted by atomic mass is 10.1. The van der Waals surface area contributed by atoms with Crippen LogP contribution in [0.15, 0.2) is 46.9 Å². The van der Waals surface area contributed by atoms with Crippen molar-refractivity contribution in [3.63, 3.8) is 0 Å². The number of carbonyl (C=O) groups is 2. The molecular formula is C16H15BrN2O3. The fourth-order valence-electron chi connectivity index (χ4n) is 1.83. The van der Waals surface area contributed by atoms with E-state index in [1.807, 2.05) is 6.07 Å². The van der Waals surface area contributed by atoms with E-state index in [-0.39, 0.29) is 12.2 Å². The molecule has 0 aliphatic carbocycles. The molecule has 0 spiro atoms. The first kappa shape index (κ1) is 16.0. The Balaban J connectivity index is 1.93. The second-order valence-corrected chi connectivity index (χ2v) is 5.59. The predicted octanol–water partition coefficient (Wildman–Crippen LogP) is 3.14. The molecule has 2 aromatic carbocycles. The van der Waals surface area contributed by atoms with Gasteiger partial charge in [-0.15, -0.1) is 0 Å². The van der Waals surface area contributed by atoms with E-state index < -0.39 is 11.9 Å². The largest absolute Gasteiger partial charge is 0.452 e. The predicted molar refractivity (Wildman–Crippen MR) is 88.6 cm³/mol. The summed E-state index contributed by atoms with van der Waals surface area (Å²) in [5, 5.41) is 2.64. The molecule has 0 aromatic heterocycles. The second-order valence-electron chi connectivity index (χ2n) is 4.67. The number of hydrogen-bond donors (Lipinski definition) is 2. The summed E-state index contributed by atoms with van der Waals surface area (Å²) in [5.74, 6) is -1.04. The molecule has 0 saturated carbocycles. The maximum Gasteiger partial charge on any atom is 0.340 e. The number of esters is 1. The van der Waals surface area contributed by atoms with Crippen molar-refractivity contribution in [1.29, 1.82) is 0 Å². The summed E-state index contributed by atoms with van der Waals surface area (Å²) in [7, 11) is 0. The van der Waals surface area contributed by atoms with E-state index in [1.165, 1.54) is 0 Å². The fraction of sp³-hybridized carbons (Fsp3) is 0.125. The van der Waals surface area contributed by atoms with Crippen molar-refractivity contribution in [3.8, 4) is 0 Å². The van der Waals surface area contributed by atoms with Gasteiger partial charge in [0, 0.05) is 15.8 Å². The molecule has 2 aromatic rings. The Morgan fingerprint density at radius 2 is 1.95 bits per heavy atom. The van der Waals surface area contributed by atoms with Crippen LogP contribution in [0.4, 0.5) is 11.4 Å². The SMILES string of the molecule is Cc1cccc(C(=O)OCC(=O)Nc2cccc(Br)c2)c1N. The quantitative estimate of drug-likeness (QED) is 0.646. The average Bonchev–Trinajstić information content (AvgIpc) is 2.47. The van der Waals surface area contributed by atoms with Crippen LogP contribution in [0.25, 0.3) is 0 Å². The van der Waals surface area contributed by atoms with Crippen molar-refractivity contribution < 1.29 is 14.3 Å². The first-order valence-electron chi connectivity index (χ1n) is 6.55. The maximum atomic E-state index is 11.9. The molecule has 0 atom stereocenters. The number of anilines is 2. The van der Waals surface area contributed by atoms with Gasteiger partial charge >= 0.3 is 5.97 Å². The number of para-hydroxylation sites is 1. The number of benzene rings is 2. The molecule has 22 heavy (non-hydrogen) atoms. The Morgan fingerprint density at radius 3 is 2.68 bits per heavy atom. The van der Waals surface area contributed by atoms with E-state index in [1.54, 1.807) is 43.3 Å². The molecule has 114 valence electrons. The van der Waals surface area contributed by atoms with Gasteiger partial charge in [0.05, 0.1) is 5.56 Å². The van der Waals surface area contributed by atoms with E-state index in [0.717, 1.165) is 10.0 Å². The minimum atomic E-state index is -0.620. The molecule has 0 bridgehead atoms. The minimum absolute atomic E-state index is 0.259. The zero-order valence-corrected chi connectivity index (χ0v) is 13.5. The van der Waals surface area contributed by atoms with Gasteiger partial charge in [-0.1, -0.05) is 34.1 Å². The van der Waals surface area contributed by atoms with Crippen LogP contribution in [0.5, 0.6) is 0 Å². The van der Waals surface area contributed by atoms with Gasteiger partial charge in [-0.3, -0.25) is 4.79 Å². The third-order valence-electron chi connectivity index (χ3n) is 2.99.